The fraction of sp³-hybridized carbons (Fsp3) is 1.00. The molecule has 2 atom stereocenters. The van der Waals surface area contributed by atoms with Gasteiger partial charge in [0.1, 0.15) is 0 Å². The van der Waals surface area contributed by atoms with Gasteiger partial charge in [0.25, 0.3) is 0 Å². The van der Waals surface area contributed by atoms with Gasteiger partial charge in [-0.15, -0.1) is 0 Å². The molecule has 0 spiro atoms. The molecule has 0 aromatic carbocycles. The van der Waals surface area contributed by atoms with Crippen LogP contribution in [0, 0.1) is 5.92 Å². The van der Waals surface area contributed by atoms with Gasteiger partial charge < -0.3 is 19.9 Å². The molecule has 4 nitrogen and oxygen atoms in total. The van der Waals surface area contributed by atoms with E-state index >= 15 is 0 Å². The zero-order valence-corrected chi connectivity index (χ0v) is 12.9. The van der Waals surface area contributed by atoms with E-state index in [0.717, 1.165) is 25.8 Å². The van der Waals surface area contributed by atoms with Crippen molar-refractivity contribution in [3.05, 3.63) is 0 Å². The molecule has 0 aliphatic heterocycles. The Kier molecular flexibility index (Phi) is 7.29. The van der Waals surface area contributed by atoms with E-state index in [-0.39, 0.29) is 11.7 Å². The minimum absolute atomic E-state index is 0.0194. The molecule has 0 bridgehead atoms. The zero-order chi connectivity index (χ0) is 14.3. The van der Waals surface area contributed by atoms with Gasteiger partial charge in [-0.25, -0.2) is 0 Å². The van der Waals surface area contributed by atoms with E-state index in [1.165, 1.54) is 6.42 Å². The fourth-order valence-corrected chi connectivity index (χ4v) is 2.56. The van der Waals surface area contributed by atoms with Gasteiger partial charge in [-0.2, -0.15) is 0 Å². The SMILES string of the molecule is COC1(CNCC(O)COC(C)CC(C)C)CCC1. The number of hydrogen-bond donors (Lipinski definition) is 2. The smallest absolute Gasteiger partial charge is 0.0897 e. The van der Waals surface area contributed by atoms with Gasteiger partial charge in [-0.1, -0.05) is 13.8 Å². The van der Waals surface area contributed by atoms with Crippen molar-refractivity contribution >= 4 is 0 Å². The van der Waals surface area contributed by atoms with Crippen LogP contribution in [-0.4, -0.2) is 49.7 Å². The van der Waals surface area contributed by atoms with Crippen molar-refractivity contribution in [1.29, 1.82) is 0 Å². The molecule has 0 aromatic rings. The normalized spacial score (nSPS) is 21.2. The van der Waals surface area contributed by atoms with Gasteiger partial charge in [-0.3, -0.25) is 0 Å². The summed E-state index contributed by atoms with van der Waals surface area (Å²) in [7, 11) is 1.77. The van der Waals surface area contributed by atoms with E-state index in [1.807, 2.05) is 0 Å². The Balaban J connectivity index is 2.06. The predicted octanol–water partition coefficient (Wildman–Crippen LogP) is 1.96. The van der Waals surface area contributed by atoms with Crippen LogP contribution in [0.15, 0.2) is 0 Å². The van der Waals surface area contributed by atoms with E-state index in [1.54, 1.807) is 7.11 Å². The molecule has 0 heterocycles. The lowest BCUT2D eigenvalue weighted by Crippen LogP contribution is -2.49. The van der Waals surface area contributed by atoms with Crippen LogP contribution >= 0.6 is 0 Å². The van der Waals surface area contributed by atoms with Crippen LogP contribution in [0.3, 0.4) is 0 Å². The third-order valence-corrected chi connectivity index (χ3v) is 3.90. The Morgan fingerprint density at radius 2 is 1.95 bits per heavy atom. The molecular formula is C15H31NO3. The average Bonchev–Trinajstić information content (AvgIpc) is 2.29. The van der Waals surface area contributed by atoms with Crippen molar-refractivity contribution in [2.75, 3.05) is 26.8 Å². The van der Waals surface area contributed by atoms with Crippen LogP contribution in [0.1, 0.15) is 46.5 Å². The molecule has 0 radical (unpaired) electrons. The molecule has 0 aromatic heterocycles. The van der Waals surface area contributed by atoms with Crippen LogP contribution in [0.2, 0.25) is 0 Å². The first kappa shape index (κ1) is 16.9. The van der Waals surface area contributed by atoms with E-state index in [4.69, 9.17) is 9.47 Å². The Morgan fingerprint density at radius 1 is 1.26 bits per heavy atom. The maximum absolute atomic E-state index is 9.86. The van der Waals surface area contributed by atoms with Gasteiger partial charge in [0, 0.05) is 20.2 Å². The van der Waals surface area contributed by atoms with Gasteiger partial charge in [0.05, 0.1) is 24.4 Å². The lowest BCUT2D eigenvalue weighted by atomic mass is 9.80. The van der Waals surface area contributed by atoms with E-state index < -0.39 is 6.10 Å². The Labute approximate surface area is 117 Å². The van der Waals surface area contributed by atoms with Crippen LogP contribution in [-0.2, 0) is 9.47 Å². The molecule has 0 amide bonds. The molecule has 0 saturated heterocycles. The Bertz CT molecular complexity index is 236. The number of ether oxygens (including phenoxy) is 2. The predicted molar refractivity (Wildman–Crippen MR) is 77.3 cm³/mol. The molecule has 19 heavy (non-hydrogen) atoms. The molecule has 2 N–H and O–H groups in total. The Hall–Kier alpha value is -0.160. The molecule has 1 aliphatic carbocycles. The molecule has 114 valence electrons. The van der Waals surface area contributed by atoms with E-state index in [2.05, 4.69) is 26.1 Å². The number of methoxy groups -OCH3 is 1. The molecule has 1 aliphatic rings. The summed E-state index contributed by atoms with van der Waals surface area (Å²) in [6.45, 7) is 8.22. The number of aliphatic hydroxyl groups excluding tert-OH is 1. The van der Waals surface area contributed by atoms with Crippen molar-refractivity contribution in [2.24, 2.45) is 5.92 Å². The van der Waals surface area contributed by atoms with Gasteiger partial charge in [0.15, 0.2) is 0 Å². The minimum Gasteiger partial charge on any atom is -0.389 e. The second-order valence-corrected chi connectivity index (χ2v) is 6.30. The number of aliphatic hydroxyl groups is 1. The summed E-state index contributed by atoms with van der Waals surface area (Å²) in [6.07, 6.45) is 4.29. The first-order valence-electron chi connectivity index (χ1n) is 7.53. The first-order valence-corrected chi connectivity index (χ1v) is 7.53. The molecule has 1 fully saturated rings. The van der Waals surface area contributed by atoms with Crippen molar-refractivity contribution in [3.63, 3.8) is 0 Å². The van der Waals surface area contributed by atoms with Gasteiger partial charge in [-0.05, 0) is 38.5 Å². The summed E-state index contributed by atoms with van der Waals surface area (Å²) in [5, 5.41) is 13.2. The topological polar surface area (TPSA) is 50.7 Å². The molecule has 1 saturated carbocycles. The third kappa shape index (κ3) is 6.21. The molecule has 4 heteroatoms. The maximum Gasteiger partial charge on any atom is 0.0897 e. The van der Waals surface area contributed by atoms with Gasteiger partial charge >= 0.3 is 0 Å². The zero-order valence-electron chi connectivity index (χ0n) is 12.9. The van der Waals surface area contributed by atoms with Crippen LogP contribution in [0.5, 0.6) is 0 Å². The van der Waals surface area contributed by atoms with Crippen molar-refractivity contribution in [3.8, 4) is 0 Å². The number of hydrogen-bond acceptors (Lipinski definition) is 4. The largest absolute Gasteiger partial charge is 0.389 e. The van der Waals surface area contributed by atoms with E-state index in [9.17, 15) is 5.11 Å². The molecule has 1 rings (SSSR count). The second kappa shape index (κ2) is 8.20. The van der Waals surface area contributed by atoms with Crippen LogP contribution in [0.4, 0.5) is 0 Å². The highest BCUT2D eigenvalue weighted by molar-refractivity contribution is 4.91. The summed E-state index contributed by atoms with van der Waals surface area (Å²) in [6, 6.07) is 0. The highest BCUT2D eigenvalue weighted by Gasteiger charge is 2.36. The van der Waals surface area contributed by atoms with Crippen molar-refractivity contribution in [1.82, 2.24) is 5.32 Å². The van der Waals surface area contributed by atoms with Gasteiger partial charge in [0.2, 0.25) is 0 Å². The summed E-state index contributed by atoms with van der Waals surface area (Å²) < 4.78 is 11.2. The van der Waals surface area contributed by atoms with Crippen LogP contribution in [0.25, 0.3) is 0 Å². The lowest BCUT2D eigenvalue weighted by molar-refractivity contribution is -0.0720. The summed E-state index contributed by atoms with van der Waals surface area (Å²) >= 11 is 0. The van der Waals surface area contributed by atoms with Crippen molar-refractivity contribution in [2.45, 2.75) is 64.3 Å². The highest BCUT2D eigenvalue weighted by atomic mass is 16.5. The van der Waals surface area contributed by atoms with Crippen LogP contribution < -0.4 is 5.32 Å². The monoisotopic (exact) mass is 273 g/mol. The summed E-state index contributed by atoms with van der Waals surface area (Å²) in [5.74, 6) is 0.630. The Morgan fingerprint density at radius 3 is 2.42 bits per heavy atom. The average molecular weight is 273 g/mol. The summed E-state index contributed by atoms with van der Waals surface area (Å²) in [5.41, 5.74) is 0.0194. The molecule has 2 unspecified atom stereocenters. The quantitative estimate of drug-likeness (QED) is 0.639. The summed E-state index contributed by atoms with van der Waals surface area (Å²) in [4.78, 5) is 0. The first-order chi connectivity index (χ1) is 8.97. The number of rotatable bonds is 10. The minimum atomic E-state index is -0.441. The fourth-order valence-electron chi connectivity index (χ4n) is 2.56. The standard InChI is InChI=1S/C15H31NO3/c1-12(2)8-13(3)19-10-14(17)9-16-11-15(18-4)6-5-7-15/h12-14,16-17H,5-11H2,1-4H3. The van der Waals surface area contributed by atoms with E-state index in [0.29, 0.717) is 19.1 Å². The molecular weight excluding hydrogens is 242 g/mol. The third-order valence-electron chi connectivity index (χ3n) is 3.90. The highest BCUT2D eigenvalue weighted by Crippen LogP contribution is 2.34. The lowest BCUT2D eigenvalue weighted by Gasteiger charge is -2.40. The second-order valence-electron chi connectivity index (χ2n) is 6.30. The maximum atomic E-state index is 9.86. The van der Waals surface area contributed by atoms with Crippen molar-refractivity contribution < 1.29 is 14.6 Å². The number of nitrogens with one attached hydrogen (secondary N) is 1.